The minimum absolute atomic E-state index is 0.428. The highest BCUT2D eigenvalue weighted by molar-refractivity contribution is 7.53. The molecule has 1 fully saturated rings. The molecule has 5 nitrogen and oxygen atoms in total. The van der Waals surface area contributed by atoms with Gasteiger partial charge in [0.15, 0.2) is 0 Å². The normalized spacial score (nSPS) is 18.1. The van der Waals surface area contributed by atoms with E-state index in [0.717, 1.165) is 32.6 Å². The van der Waals surface area contributed by atoms with Gasteiger partial charge >= 0.3 is 7.60 Å². The second-order valence-electron chi connectivity index (χ2n) is 4.43. The fourth-order valence-electron chi connectivity index (χ4n) is 2.03. The van der Waals surface area contributed by atoms with Gasteiger partial charge in [0, 0.05) is 19.8 Å². The molecule has 0 aromatic carbocycles. The van der Waals surface area contributed by atoms with Gasteiger partial charge in [0.1, 0.15) is 0 Å². The van der Waals surface area contributed by atoms with Gasteiger partial charge in [0.2, 0.25) is 0 Å². The summed E-state index contributed by atoms with van der Waals surface area (Å²) in [7, 11) is -2.88. The minimum Gasteiger partial charge on any atom is -0.381 e. The molecule has 0 unspecified atom stereocenters. The van der Waals surface area contributed by atoms with Crippen molar-refractivity contribution in [1.29, 1.82) is 0 Å². The Balaban J connectivity index is 2.15. The second kappa shape index (κ2) is 9.05. The van der Waals surface area contributed by atoms with Gasteiger partial charge in [-0.1, -0.05) is 0 Å². The molecule has 0 spiro atoms. The van der Waals surface area contributed by atoms with Crippen LogP contribution in [-0.2, 0) is 18.3 Å². The molecule has 0 radical (unpaired) electrons. The first-order chi connectivity index (χ1) is 8.70. The van der Waals surface area contributed by atoms with Crippen LogP contribution in [0.15, 0.2) is 0 Å². The molecule has 0 atom stereocenters. The Labute approximate surface area is 110 Å². The maximum atomic E-state index is 12.2. The molecule has 0 bridgehead atoms. The Morgan fingerprint density at radius 3 is 2.39 bits per heavy atom. The molecule has 0 aromatic heterocycles. The molecule has 0 saturated carbocycles. The average Bonchev–Trinajstić information content (AvgIpc) is 2.37. The molecule has 0 aliphatic carbocycles. The standard InChI is InChI=1S/C12H26NO4P/c1-3-16-18(14,17-4-2)10-7-13-11-12-5-8-15-9-6-12/h12-13H,3-11H2,1-2H3. The van der Waals surface area contributed by atoms with Crippen LogP contribution in [0.2, 0.25) is 0 Å². The predicted molar refractivity (Wildman–Crippen MR) is 72.1 cm³/mol. The van der Waals surface area contributed by atoms with E-state index in [2.05, 4.69) is 5.32 Å². The smallest absolute Gasteiger partial charge is 0.331 e. The fraction of sp³-hybridized carbons (Fsp3) is 1.00. The molecule has 6 heteroatoms. The molecule has 1 rings (SSSR count). The van der Waals surface area contributed by atoms with Gasteiger partial charge in [0.25, 0.3) is 0 Å². The first-order valence-corrected chi connectivity index (χ1v) is 8.59. The monoisotopic (exact) mass is 279 g/mol. The van der Waals surface area contributed by atoms with E-state index in [0.29, 0.717) is 31.8 Å². The van der Waals surface area contributed by atoms with Crippen LogP contribution in [0.4, 0.5) is 0 Å². The molecule has 1 heterocycles. The van der Waals surface area contributed by atoms with E-state index in [1.54, 1.807) is 0 Å². The molecule has 1 aliphatic rings. The van der Waals surface area contributed by atoms with Crippen molar-refractivity contribution in [2.45, 2.75) is 26.7 Å². The summed E-state index contributed by atoms with van der Waals surface area (Å²) in [5.41, 5.74) is 0. The SMILES string of the molecule is CCOP(=O)(CCNCC1CCOCC1)OCC. The van der Waals surface area contributed by atoms with Crippen LogP contribution in [0.5, 0.6) is 0 Å². The summed E-state index contributed by atoms with van der Waals surface area (Å²) in [6.45, 7) is 7.89. The second-order valence-corrected chi connectivity index (χ2v) is 6.62. The zero-order valence-electron chi connectivity index (χ0n) is 11.5. The van der Waals surface area contributed by atoms with Gasteiger partial charge in [-0.3, -0.25) is 4.57 Å². The topological polar surface area (TPSA) is 56.8 Å². The van der Waals surface area contributed by atoms with E-state index < -0.39 is 7.60 Å². The number of hydrogen-bond donors (Lipinski definition) is 1. The average molecular weight is 279 g/mol. The fourth-order valence-corrected chi connectivity index (χ4v) is 3.58. The van der Waals surface area contributed by atoms with E-state index in [1.807, 2.05) is 13.8 Å². The third-order valence-electron chi connectivity index (χ3n) is 2.99. The zero-order valence-corrected chi connectivity index (χ0v) is 12.4. The van der Waals surface area contributed by atoms with Crippen molar-refractivity contribution in [1.82, 2.24) is 5.32 Å². The highest BCUT2D eigenvalue weighted by Gasteiger charge is 2.22. The number of rotatable bonds is 9. The lowest BCUT2D eigenvalue weighted by molar-refractivity contribution is 0.0664. The van der Waals surface area contributed by atoms with Crippen LogP contribution >= 0.6 is 7.60 Å². The molecule has 1 N–H and O–H groups in total. The van der Waals surface area contributed by atoms with Crippen LogP contribution in [0.1, 0.15) is 26.7 Å². The lowest BCUT2D eigenvalue weighted by Gasteiger charge is -2.23. The highest BCUT2D eigenvalue weighted by Crippen LogP contribution is 2.47. The zero-order chi connectivity index (χ0) is 13.3. The Morgan fingerprint density at radius 2 is 1.83 bits per heavy atom. The van der Waals surface area contributed by atoms with E-state index in [9.17, 15) is 4.57 Å². The largest absolute Gasteiger partial charge is 0.381 e. The van der Waals surface area contributed by atoms with Crippen molar-refractivity contribution < 1.29 is 18.3 Å². The maximum Gasteiger partial charge on any atom is 0.331 e. The summed E-state index contributed by atoms with van der Waals surface area (Å²) in [6, 6.07) is 0. The van der Waals surface area contributed by atoms with Gasteiger partial charge in [-0.2, -0.15) is 0 Å². The van der Waals surface area contributed by atoms with Gasteiger partial charge in [-0.05, 0) is 39.2 Å². The van der Waals surface area contributed by atoms with Crippen LogP contribution in [0.3, 0.4) is 0 Å². The lowest BCUT2D eigenvalue weighted by atomic mass is 10.0. The number of ether oxygens (including phenoxy) is 1. The van der Waals surface area contributed by atoms with Crippen molar-refractivity contribution in [3.8, 4) is 0 Å². The van der Waals surface area contributed by atoms with Crippen molar-refractivity contribution >= 4 is 7.60 Å². The van der Waals surface area contributed by atoms with E-state index >= 15 is 0 Å². The van der Waals surface area contributed by atoms with Crippen molar-refractivity contribution in [3.63, 3.8) is 0 Å². The summed E-state index contributed by atoms with van der Waals surface area (Å²) in [4.78, 5) is 0. The van der Waals surface area contributed by atoms with Crippen LogP contribution in [-0.4, -0.2) is 45.7 Å². The Morgan fingerprint density at radius 1 is 1.22 bits per heavy atom. The predicted octanol–water partition coefficient (Wildman–Crippen LogP) is 2.27. The Kier molecular flexibility index (Phi) is 8.11. The molecule has 18 heavy (non-hydrogen) atoms. The summed E-state index contributed by atoms with van der Waals surface area (Å²) in [5.74, 6) is 0.678. The number of nitrogens with one attached hydrogen (secondary N) is 1. The third-order valence-corrected chi connectivity index (χ3v) is 5.06. The van der Waals surface area contributed by atoms with Crippen LogP contribution in [0, 0.1) is 5.92 Å². The Bertz CT molecular complexity index is 246. The molecule has 0 amide bonds. The maximum absolute atomic E-state index is 12.2. The first kappa shape index (κ1) is 16.1. The van der Waals surface area contributed by atoms with E-state index in [1.165, 1.54) is 0 Å². The summed E-state index contributed by atoms with van der Waals surface area (Å²) in [5, 5.41) is 3.34. The van der Waals surface area contributed by atoms with Crippen molar-refractivity contribution in [2.24, 2.45) is 5.92 Å². The lowest BCUT2D eigenvalue weighted by Crippen LogP contribution is -2.29. The summed E-state index contributed by atoms with van der Waals surface area (Å²) in [6.07, 6.45) is 2.67. The van der Waals surface area contributed by atoms with Gasteiger partial charge in [-0.25, -0.2) is 0 Å². The molecule has 0 aromatic rings. The highest BCUT2D eigenvalue weighted by atomic mass is 31.2. The third kappa shape index (κ3) is 6.30. The number of hydrogen-bond acceptors (Lipinski definition) is 5. The van der Waals surface area contributed by atoms with E-state index in [4.69, 9.17) is 13.8 Å². The first-order valence-electron chi connectivity index (χ1n) is 6.86. The van der Waals surface area contributed by atoms with Crippen molar-refractivity contribution in [2.75, 3.05) is 45.7 Å². The van der Waals surface area contributed by atoms with Gasteiger partial charge in [0.05, 0.1) is 19.4 Å². The van der Waals surface area contributed by atoms with Crippen molar-refractivity contribution in [3.05, 3.63) is 0 Å². The molecule has 1 aliphatic heterocycles. The molecular weight excluding hydrogens is 253 g/mol. The summed E-state index contributed by atoms with van der Waals surface area (Å²) < 4.78 is 27.9. The van der Waals surface area contributed by atoms with E-state index in [-0.39, 0.29) is 0 Å². The molecule has 108 valence electrons. The van der Waals surface area contributed by atoms with Crippen LogP contribution < -0.4 is 5.32 Å². The molecule has 1 saturated heterocycles. The van der Waals surface area contributed by atoms with Gasteiger partial charge < -0.3 is 19.1 Å². The quantitative estimate of drug-likeness (QED) is 0.518. The Hall–Kier alpha value is 0.0700. The van der Waals surface area contributed by atoms with Crippen LogP contribution in [0.25, 0.3) is 0 Å². The summed E-state index contributed by atoms with van der Waals surface area (Å²) >= 11 is 0. The molecular formula is C12H26NO4P. The minimum atomic E-state index is -2.88. The van der Waals surface area contributed by atoms with Gasteiger partial charge in [-0.15, -0.1) is 0 Å².